The molecule has 0 aliphatic carbocycles. The smallest absolute Gasteiger partial charge is 0.154 e. The van der Waals surface area contributed by atoms with Gasteiger partial charge < -0.3 is 9.80 Å². The second-order valence-electron chi connectivity index (χ2n) is 3.36. The monoisotopic (exact) mass is 266 g/mol. The van der Waals surface area contributed by atoms with Crippen LogP contribution in [0.3, 0.4) is 0 Å². The highest BCUT2D eigenvalue weighted by atomic mass is 127. The molecule has 0 N–H and O–H groups in total. The SMILES string of the molecule is CC(C)CN1C=CN(C)C1I. The van der Waals surface area contributed by atoms with E-state index in [1.165, 1.54) is 0 Å². The van der Waals surface area contributed by atoms with Crippen molar-refractivity contribution in [2.75, 3.05) is 13.6 Å². The number of halogens is 1. The van der Waals surface area contributed by atoms with Gasteiger partial charge in [-0.15, -0.1) is 0 Å². The lowest BCUT2D eigenvalue weighted by Gasteiger charge is -2.26. The van der Waals surface area contributed by atoms with E-state index in [0.29, 0.717) is 4.17 Å². The van der Waals surface area contributed by atoms with E-state index in [0.717, 1.165) is 12.5 Å². The average molecular weight is 266 g/mol. The number of nitrogens with zero attached hydrogens (tertiary/aromatic N) is 2. The van der Waals surface area contributed by atoms with E-state index in [4.69, 9.17) is 0 Å². The molecule has 0 fully saturated rings. The summed E-state index contributed by atoms with van der Waals surface area (Å²) in [4.78, 5) is 4.56. The molecular weight excluding hydrogens is 251 g/mol. The van der Waals surface area contributed by atoms with Gasteiger partial charge in [-0.25, -0.2) is 0 Å². The van der Waals surface area contributed by atoms with Crippen molar-refractivity contribution in [3.05, 3.63) is 12.4 Å². The first-order valence-corrected chi connectivity index (χ1v) is 5.16. The van der Waals surface area contributed by atoms with Crippen LogP contribution >= 0.6 is 22.6 Å². The van der Waals surface area contributed by atoms with Gasteiger partial charge in [0.15, 0.2) is 4.17 Å². The molecule has 0 spiro atoms. The standard InChI is InChI=1S/C8H15IN2/c1-7(2)6-11-5-4-10(3)8(11)9/h4-5,7-8H,6H2,1-3H3. The molecule has 0 aromatic rings. The van der Waals surface area contributed by atoms with Gasteiger partial charge in [-0.05, 0) is 28.5 Å². The first kappa shape index (κ1) is 9.16. The summed E-state index contributed by atoms with van der Waals surface area (Å²) in [6.07, 6.45) is 4.29. The number of hydrogen-bond donors (Lipinski definition) is 0. The Hall–Kier alpha value is 0.0700. The molecule has 1 rings (SSSR count). The summed E-state index contributed by atoms with van der Waals surface area (Å²) in [5, 5.41) is 0. The minimum Gasteiger partial charge on any atom is -0.351 e. The normalized spacial score (nSPS) is 23.9. The zero-order valence-corrected chi connectivity index (χ0v) is 9.45. The molecule has 0 amide bonds. The Labute approximate surface area is 82.4 Å². The van der Waals surface area contributed by atoms with Gasteiger partial charge in [0.05, 0.1) is 0 Å². The van der Waals surface area contributed by atoms with E-state index in [-0.39, 0.29) is 0 Å². The zero-order chi connectivity index (χ0) is 8.43. The molecule has 1 heterocycles. The van der Waals surface area contributed by atoms with Crippen LogP contribution in [0.5, 0.6) is 0 Å². The molecule has 0 aromatic carbocycles. The predicted octanol–water partition coefficient (Wildman–Crippen LogP) is 2.08. The van der Waals surface area contributed by atoms with Crippen LogP contribution in [0, 0.1) is 5.92 Å². The van der Waals surface area contributed by atoms with Crippen LogP contribution in [0.1, 0.15) is 13.8 Å². The van der Waals surface area contributed by atoms with E-state index in [2.05, 4.69) is 65.7 Å². The van der Waals surface area contributed by atoms with Gasteiger partial charge in [0.25, 0.3) is 0 Å². The van der Waals surface area contributed by atoms with Crippen molar-refractivity contribution in [1.82, 2.24) is 9.80 Å². The molecule has 11 heavy (non-hydrogen) atoms. The predicted molar refractivity (Wildman–Crippen MR) is 56.3 cm³/mol. The molecule has 1 aliphatic rings. The summed E-state index contributed by atoms with van der Waals surface area (Å²) in [7, 11) is 2.11. The molecule has 1 atom stereocenters. The Bertz CT molecular complexity index is 156. The van der Waals surface area contributed by atoms with Gasteiger partial charge in [0, 0.05) is 26.0 Å². The van der Waals surface area contributed by atoms with Crippen molar-refractivity contribution in [1.29, 1.82) is 0 Å². The summed E-state index contributed by atoms with van der Waals surface area (Å²) in [5.41, 5.74) is 0. The molecular formula is C8H15IN2. The summed E-state index contributed by atoms with van der Waals surface area (Å²) in [6, 6.07) is 0. The quantitative estimate of drug-likeness (QED) is 0.429. The van der Waals surface area contributed by atoms with Crippen LogP contribution in [0.2, 0.25) is 0 Å². The fraction of sp³-hybridized carbons (Fsp3) is 0.750. The van der Waals surface area contributed by atoms with Crippen molar-refractivity contribution in [3.8, 4) is 0 Å². The van der Waals surface area contributed by atoms with Gasteiger partial charge in [-0.3, -0.25) is 0 Å². The lowest BCUT2D eigenvalue weighted by atomic mass is 10.2. The fourth-order valence-corrected chi connectivity index (χ4v) is 1.74. The molecule has 0 radical (unpaired) electrons. The average Bonchev–Trinajstić information content (AvgIpc) is 2.18. The maximum Gasteiger partial charge on any atom is 0.154 e. The van der Waals surface area contributed by atoms with Gasteiger partial charge in [0.2, 0.25) is 0 Å². The van der Waals surface area contributed by atoms with Crippen LogP contribution in [0.25, 0.3) is 0 Å². The molecule has 64 valence electrons. The Morgan fingerprint density at radius 2 is 2.09 bits per heavy atom. The van der Waals surface area contributed by atoms with Crippen molar-refractivity contribution >= 4 is 22.6 Å². The topological polar surface area (TPSA) is 6.48 Å². The maximum atomic E-state index is 2.44. The Kier molecular flexibility index (Phi) is 3.04. The lowest BCUT2D eigenvalue weighted by molar-refractivity contribution is 0.255. The van der Waals surface area contributed by atoms with Crippen molar-refractivity contribution in [3.63, 3.8) is 0 Å². The van der Waals surface area contributed by atoms with E-state index in [1.807, 2.05) is 0 Å². The first-order chi connectivity index (χ1) is 5.11. The first-order valence-electron chi connectivity index (χ1n) is 3.91. The van der Waals surface area contributed by atoms with Crippen LogP contribution < -0.4 is 0 Å². The number of rotatable bonds is 2. The molecule has 0 bridgehead atoms. The minimum absolute atomic E-state index is 0.509. The van der Waals surface area contributed by atoms with E-state index < -0.39 is 0 Å². The third-order valence-corrected chi connectivity index (χ3v) is 3.27. The maximum absolute atomic E-state index is 2.44. The van der Waals surface area contributed by atoms with Crippen LogP contribution in [0.4, 0.5) is 0 Å². The molecule has 0 saturated heterocycles. The van der Waals surface area contributed by atoms with E-state index in [1.54, 1.807) is 0 Å². The lowest BCUT2D eigenvalue weighted by Crippen LogP contribution is -2.33. The molecule has 1 aliphatic heterocycles. The molecule has 0 aromatic heterocycles. The summed E-state index contributed by atoms with van der Waals surface area (Å²) < 4.78 is 0.509. The molecule has 0 saturated carbocycles. The van der Waals surface area contributed by atoms with Gasteiger partial charge >= 0.3 is 0 Å². The highest BCUT2D eigenvalue weighted by Crippen LogP contribution is 2.20. The number of alkyl halides is 1. The second-order valence-corrected chi connectivity index (χ2v) is 4.48. The zero-order valence-electron chi connectivity index (χ0n) is 7.29. The van der Waals surface area contributed by atoms with E-state index in [9.17, 15) is 0 Å². The minimum atomic E-state index is 0.509. The fourth-order valence-electron chi connectivity index (χ4n) is 1.14. The Morgan fingerprint density at radius 1 is 1.45 bits per heavy atom. The van der Waals surface area contributed by atoms with Gasteiger partial charge in [-0.2, -0.15) is 0 Å². The Morgan fingerprint density at radius 3 is 2.45 bits per heavy atom. The van der Waals surface area contributed by atoms with Crippen LogP contribution in [-0.4, -0.2) is 27.6 Å². The van der Waals surface area contributed by atoms with Crippen LogP contribution in [0.15, 0.2) is 12.4 Å². The third kappa shape index (κ3) is 2.25. The summed E-state index contributed by atoms with van der Waals surface area (Å²) in [6.45, 7) is 5.64. The second kappa shape index (κ2) is 3.65. The van der Waals surface area contributed by atoms with Gasteiger partial charge in [-0.1, -0.05) is 13.8 Å². The Balaban J connectivity index is 2.43. The van der Waals surface area contributed by atoms with E-state index >= 15 is 0 Å². The van der Waals surface area contributed by atoms with Gasteiger partial charge in [0.1, 0.15) is 0 Å². The largest absolute Gasteiger partial charge is 0.351 e. The molecule has 2 nitrogen and oxygen atoms in total. The van der Waals surface area contributed by atoms with Crippen molar-refractivity contribution in [2.24, 2.45) is 5.92 Å². The highest BCUT2D eigenvalue weighted by molar-refractivity contribution is 14.1. The third-order valence-electron chi connectivity index (χ3n) is 1.68. The summed E-state index contributed by atoms with van der Waals surface area (Å²) in [5.74, 6) is 0.739. The summed E-state index contributed by atoms with van der Waals surface area (Å²) >= 11 is 2.44. The molecule has 3 heteroatoms. The number of hydrogen-bond acceptors (Lipinski definition) is 2. The van der Waals surface area contributed by atoms with Crippen molar-refractivity contribution in [2.45, 2.75) is 18.0 Å². The highest BCUT2D eigenvalue weighted by Gasteiger charge is 2.19. The van der Waals surface area contributed by atoms with Crippen molar-refractivity contribution < 1.29 is 0 Å². The molecule has 1 unspecified atom stereocenters. The van der Waals surface area contributed by atoms with Crippen LogP contribution in [-0.2, 0) is 0 Å².